The Hall–Kier alpha value is -1.33. The molecule has 2 heteroatoms. The molecule has 2 aromatic rings. The summed E-state index contributed by atoms with van der Waals surface area (Å²) in [5.74, 6) is 2.47. The molecule has 0 saturated carbocycles. The third-order valence-corrected chi connectivity index (χ3v) is 7.10. The minimum Gasteiger partial charge on any atom is -0.477 e. The van der Waals surface area contributed by atoms with Gasteiger partial charge in [0.15, 0.2) is 0 Å². The molecule has 27 heavy (non-hydrogen) atoms. The SMILES string of the molecule is CCC(C)CPOc1ccc(C(C)(C)c2ccc(CC(C)CC)cc2)cc1. The van der Waals surface area contributed by atoms with E-state index in [1.807, 2.05) is 0 Å². The Labute approximate surface area is 168 Å². The predicted molar refractivity (Wildman–Crippen MR) is 121 cm³/mol. The number of hydrogen-bond acceptors (Lipinski definition) is 1. The van der Waals surface area contributed by atoms with Gasteiger partial charge < -0.3 is 4.52 Å². The van der Waals surface area contributed by atoms with Gasteiger partial charge in [0, 0.05) is 11.6 Å². The van der Waals surface area contributed by atoms with Crippen LogP contribution in [-0.4, -0.2) is 6.16 Å². The molecule has 3 unspecified atom stereocenters. The highest BCUT2D eigenvalue weighted by atomic mass is 31.1. The van der Waals surface area contributed by atoms with Gasteiger partial charge in [0.05, 0.1) is 8.81 Å². The first kappa shape index (κ1) is 22.0. The molecule has 148 valence electrons. The quantitative estimate of drug-likeness (QED) is 0.383. The maximum Gasteiger partial charge on any atom is 0.122 e. The molecular formula is C25H37OP. The minimum absolute atomic E-state index is 0.00750. The summed E-state index contributed by atoms with van der Waals surface area (Å²) in [6.07, 6.45) is 4.77. The molecular weight excluding hydrogens is 347 g/mol. The fraction of sp³-hybridized carbons (Fsp3) is 0.520. The fourth-order valence-electron chi connectivity index (χ4n) is 3.12. The van der Waals surface area contributed by atoms with E-state index >= 15 is 0 Å². The van der Waals surface area contributed by atoms with E-state index < -0.39 is 0 Å². The van der Waals surface area contributed by atoms with Crippen LogP contribution in [0.15, 0.2) is 48.5 Å². The van der Waals surface area contributed by atoms with E-state index in [4.69, 9.17) is 4.52 Å². The summed E-state index contributed by atoms with van der Waals surface area (Å²) in [4.78, 5) is 0. The maximum atomic E-state index is 5.94. The van der Waals surface area contributed by atoms with Crippen molar-refractivity contribution in [2.75, 3.05) is 6.16 Å². The van der Waals surface area contributed by atoms with Gasteiger partial charge in [-0.1, -0.05) is 90.8 Å². The van der Waals surface area contributed by atoms with E-state index in [1.165, 1.54) is 36.0 Å². The molecule has 0 aromatic heterocycles. The molecule has 0 fully saturated rings. The van der Waals surface area contributed by atoms with Crippen molar-refractivity contribution in [1.82, 2.24) is 0 Å². The molecule has 0 spiro atoms. The van der Waals surface area contributed by atoms with E-state index in [2.05, 4.69) is 90.1 Å². The van der Waals surface area contributed by atoms with Gasteiger partial charge >= 0.3 is 0 Å². The lowest BCUT2D eigenvalue weighted by molar-refractivity contribution is 0.559. The second-order valence-electron chi connectivity index (χ2n) is 8.53. The Morgan fingerprint density at radius 3 is 1.85 bits per heavy atom. The summed E-state index contributed by atoms with van der Waals surface area (Å²) < 4.78 is 5.94. The molecule has 0 N–H and O–H groups in total. The second-order valence-corrected chi connectivity index (χ2v) is 9.43. The van der Waals surface area contributed by atoms with Crippen molar-refractivity contribution in [3.05, 3.63) is 65.2 Å². The Balaban J connectivity index is 2.03. The van der Waals surface area contributed by atoms with Gasteiger partial charge in [0.2, 0.25) is 0 Å². The number of benzene rings is 2. The molecule has 0 heterocycles. The Morgan fingerprint density at radius 2 is 1.33 bits per heavy atom. The molecule has 3 atom stereocenters. The Kier molecular flexibility index (Phi) is 8.36. The predicted octanol–water partition coefficient (Wildman–Crippen LogP) is 7.62. The lowest BCUT2D eigenvalue weighted by atomic mass is 9.78. The number of rotatable bonds is 10. The maximum absolute atomic E-state index is 5.94. The first-order valence-electron chi connectivity index (χ1n) is 10.5. The van der Waals surface area contributed by atoms with Crippen LogP contribution in [0.2, 0.25) is 0 Å². The molecule has 2 rings (SSSR count). The van der Waals surface area contributed by atoms with Crippen LogP contribution in [0.25, 0.3) is 0 Å². The van der Waals surface area contributed by atoms with Gasteiger partial charge in [-0.3, -0.25) is 0 Å². The summed E-state index contributed by atoms with van der Waals surface area (Å²) >= 11 is 0. The average molecular weight is 385 g/mol. The smallest absolute Gasteiger partial charge is 0.122 e. The van der Waals surface area contributed by atoms with E-state index in [1.54, 1.807) is 0 Å². The van der Waals surface area contributed by atoms with Crippen molar-refractivity contribution in [2.45, 2.75) is 66.2 Å². The van der Waals surface area contributed by atoms with Crippen LogP contribution in [0.1, 0.15) is 71.1 Å². The second kappa shape index (κ2) is 10.3. The van der Waals surface area contributed by atoms with Crippen molar-refractivity contribution in [3.63, 3.8) is 0 Å². The average Bonchev–Trinajstić information content (AvgIpc) is 2.68. The van der Waals surface area contributed by atoms with Gasteiger partial charge in [0.25, 0.3) is 0 Å². The van der Waals surface area contributed by atoms with Crippen LogP contribution in [0.5, 0.6) is 5.75 Å². The van der Waals surface area contributed by atoms with Crippen LogP contribution in [0, 0.1) is 11.8 Å². The third kappa shape index (κ3) is 6.35. The van der Waals surface area contributed by atoms with E-state index in [0.717, 1.165) is 23.7 Å². The monoisotopic (exact) mass is 384 g/mol. The molecule has 0 aliphatic heterocycles. The first-order valence-corrected chi connectivity index (χ1v) is 11.6. The highest BCUT2D eigenvalue weighted by molar-refractivity contribution is 7.32. The molecule has 0 bridgehead atoms. The topological polar surface area (TPSA) is 9.23 Å². The summed E-state index contributed by atoms with van der Waals surface area (Å²) in [7, 11) is 0.549. The zero-order chi connectivity index (χ0) is 19.9. The Bertz CT molecular complexity index is 672. The van der Waals surface area contributed by atoms with Gasteiger partial charge in [-0.05, 0) is 47.1 Å². The third-order valence-electron chi connectivity index (χ3n) is 5.85. The highest BCUT2D eigenvalue weighted by Crippen LogP contribution is 2.33. The largest absolute Gasteiger partial charge is 0.477 e. The zero-order valence-electron chi connectivity index (χ0n) is 18.0. The van der Waals surface area contributed by atoms with E-state index in [-0.39, 0.29) is 5.41 Å². The van der Waals surface area contributed by atoms with Crippen molar-refractivity contribution in [1.29, 1.82) is 0 Å². The molecule has 0 aliphatic rings. The summed E-state index contributed by atoms with van der Waals surface area (Å²) in [6, 6.07) is 17.9. The fourth-order valence-corrected chi connectivity index (χ4v) is 4.08. The molecule has 0 aliphatic carbocycles. The highest BCUT2D eigenvalue weighted by Gasteiger charge is 2.23. The van der Waals surface area contributed by atoms with Crippen LogP contribution < -0.4 is 4.52 Å². The van der Waals surface area contributed by atoms with Gasteiger partial charge in [-0.25, -0.2) is 0 Å². The van der Waals surface area contributed by atoms with Crippen molar-refractivity contribution in [3.8, 4) is 5.75 Å². The van der Waals surface area contributed by atoms with Crippen molar-refractivity contribution < 1.29 is 4.52 Å². The standard InChI is InChI=1S/C25H37OP/c1-7-19(3)17-21-9-11-22(12-10-21)25(5,6)23-13-15-24(16-14-23)26-27-18-20(4)8-2/h9-16,19-20,27H,7-8,17-18H2,1-6H3. The van der Waals surface area contributed by atoms with Crippen LogP contribution >= 0.6 is 8.81 Å². The van der Waals surface area contributed by atoms with Gasteiger partial charge in [-0.15, -0.1) is 0 Å². The number of hydrogen-bond donors (Lipinski definition) is 0. The summed E-state index contributed by atoms with van der Waals surface area (Å²) in [5, 5.41) is 0. The Morgan fingerprint density at radius 1 is 0.815 bits per heavy atom. The molecule has 0 saturated heterocycles. The van der Waals surface area contributed by atoms with Gasteiger partial charge in [-0.2, -0.15) is 0 Å². The summed E-state index contributed by atoms with van der Waals surface area (Å²) in [5.41, 5.74) is 4.12. The van der Waals surface area contributed by atoms with Crippen molar-refractivity contribution >= 4 is 8.81 Å². The lowest BCUT2D eigenvalue weighted by Crippen LogP contribution is -2.18. The lowest BCUT2D eigenvalue weighted by Gasteiger charge is -2.26. The minimum atomic E-state index is -0.00750. The normalized spacial score (nSPS) is 14.4. The van der Waals surface area contributed by atoms with Crippen molar-refractivity contribution in [2.24, 2.45) is 11.8 Å². The van der Waals surface area contributed by atoms with Gasteiger partial charge in [0.1, 0.15) is 5.75 Å². The zero-order valence-corrected chi connectivity index (χ0v) is 19.0. The summed E-state index contributed by atoms with van der Waals surface area (Å²) in [6.45, 7) is 13.7. The van der Waals surface area contributed by atoms with E-state index in [9.17, 15) is 0 Å². The van der Waals surface area contributed by atoms with E-state index in [0.29, 0.717) is 8.81 Å². The molecule has 2 aromatic carbocycles. The first-order chi connectivity index (χ1) is 12.9. The molecule has 1 nitrogen and oxygen atoms in total. The molecule has 0 amide bonds. The van der Waals surface area contributed by atoms with Crippen LogP contribution in [-0.2, 0) is 11.8 Å². The van der Waals surface area contributed by atoms with Crippen LogP contribution in [0.3, 0.4) is 0 Å². The van der Waals surface area contributed by atoms with Crippen LogP contribution in [0.4, 0.5) is 0 Å². The molecule has 0 radical (unpaired) electrons.